The number of ether oxygens (including phenoxy) is 1. The molecule has 0 aliphatic heterocycles. The minimum Gasteiger partial charge on any atom is -0.492 e. The molecule has 1 atom stereocenters. The summed E-state index contributed by atoms with van der Waals surface area (Å²) in [6.45, 7) is 4.04. The summed E-state index contributed by atoms with van der Waals surface area (Å²) in [5.74, 6) is 0.173. The summed E-state index contributed by atoms with van der Waals surface area (Å²) in [5, 5.41) is 8.92. The van der Waals surface area contributed by atoms with Crippen LogP contribution in [0, 0.1) is 5.92 Å². The summed E-state index contributed by atoms with van der Waals surface area (Å²) < 4.78 is 32.9. The molecule has 1 aromatic carbocycles. The molecule has 2 N–H and O–H groups in total. The minimum absolute atomic E-state index is 0.0701. The van der Waals surface area contributed by atoms with Crippen LogP contribution in [0.4, 0.5) is 0 Å². The van der Waals surface area contributed by atoms with Crippen molar-refractivity contribution >= 4 is 26.0 Å². The van der Waals surface area contributed by atoms with E-state index in [0.29, 0.717) is 16.8 Å². The minimum atomic E-state index is -3.66. The first-order valence-corrected chi connectivity index (χ1v) is 8.21. The number of rotatable bonds is 7. The van der Waals surface area contributed by atoms with Gasteiger partial charge in [-0.05, 0) is 31.0 Å². The first-order chi connectivity index (χ1) is 8.90. The van der Waals surface area contributed by atoms with Gasteiger partial charge in [0.25, 0.3) is 0 Å². The van der Waals surface area contributed by atoms with E-state index in [1.165, 1.54) is 6.07 Å². The number of aliphatic hydroxyl groups excluding tert-OH is 1. The Morgan fingerprint density at radius 1 is 1.47 bits per heavy atom. The first kappa shape index (κ1) is 16.4. The van der Waals surface area contributed by atoms with Gasteiger partial charge in [0.15, 0.2) is 0 Å². The summed E-state index contributed by atoms with van der Waals surface area (Å²) in [4.78, 5) is 0.0915. The highest BCUT2D eigenvalue weighted by atomic mass is 79.9. The fourth-order valence-corrected chi connectivity index (χ4v) is 3.21. The molecule has 0 saturated carbocycles. The predicted molar refractivity (Wildman–Crippen MR) is 76.7 cm³/mol. The first-order valence-electron chi connectivity index (χ1n) is 5.93. The lowest BCUT2D eigenvalue weighted by Crippen LogP contribution is -2.30. The van der Waals surface area contributed by atoms with E-state index in [1.807, 2.05) is 0 Å². The van der Waals surface area contributed by atoms with Crippen LogP contribution in [0.5, 0.6) is 5.75 Å². The standard InChI is InChI=1S/C12H18BrNO4S/c1-3-18-11-5-4-10(13)6-12(11)19(16,17)14-7-9(2)8-15/h4-6,9,14-15H,3,7-8H2,1-2H3. The Kier molecular flexibility index (Phi) is 6.25. The van der Waals surface area contributed by atoms with E-state index in [2.05, 4.69) is 20.7 Å². The quantitative estimate of drug-likeness (QED) is 0.784. The summed E-state index contributed by atoms with van der Waals surface area (Å²) in [6.07, 6.45) is 0. The van der Waals surface area contributed by atoms with Crippen LogP contribution in [0.15, 0.2) is 27.6 Å². The molecule has 19 heavy (non-hydrogen) atoms. The fourth-order valence-electron chi connectivity index (χ4n) is 1.36. The van der Waals surface area contributed by atoms with E-state index in [-0.39, 0.29) is 24.0 Å². The van der Waals surface area contributed by atoms with Crippen LogP contribution < -0.4 is 9.46 Å². The zero-order valence-corrected chi connectivity index (χ0v) is 13.3. The Morgan fingerprint density at radius 3 is 2.74 bits per heavy atom. The number of aliphatic hydroxyl groups is 1. The average molecular weight is 352 g/mol. The largest absolute Gasteiger partial charge is 0.492 e. The summed E-state index contributed by atoms with van der Waals surface area (Å²) in [5.41, 5.74) is 0. The van der Waals surface area contributed by atoms with Crippen molar-refractivity contribution < 1.29 is 18.3 Å². The molecule has 0 aliphatic rings. The third kappa shape index (κ3) is 4.76. The van der Waals surface area contributed by atoms with Crippen molar-refractivity contribution in [1.82, 2.24) is 4.72 Å². The van der Waals surface area contributed by atoms with Crippen LogP contribution >= 0.6 is 15.9 Å². The van der Waals surface area contributed by atoms with E-state index in [9.17, 15) is 8.42 Å². The van der Waals surface area contributed by atoms with Crippen molar-refractivity contribution in [1.29, 1.82) is 0 Å². The Labute approximate surface area is 122 Å². The molecule has 0 aromatic heterocycles. The highest BCUT2D eigenvalue weighted by Crippen LogP contribution is 2.27. The third-order valence-corrected chi connectivity index (χ3v) is 4.37. The number of halogens is 1. The molecule has 0 aliphatic carbocycles. The molecule has 0 fully saturated rings. The number of hydrogen-bond donors (Lipinski definition) is 2. The molecule has 0 amide bonds. The van der Waals surface area contributed by atoms with Crippen molar-refractivity contribution in [3.8, 4) is 5.75 Å². The molecule has 5 nitrogen and oxygen atoms in total. The van der Waals surface area contributed by atoms with Gasteiger partial charge < -0.3 is 9.84 Å². The zero-order valence-electron chi connectivity index (χ0n) is 10.9. The fraction of sp³-hybridized carbons (Fsp3) is 0.500. The van der Waals surface area contributed by atoms with Crippen LogP contribution in [0.25, 0.3) is 0 Å². The average Bonchev–Trinajstić information content (AvgIpc) is 2.38. The van der Waals surface area contributed by atoms with Crippen LogP contribution in [-0.2, 0) is 10.0 Å². The number of benzene rings is 1. The van der Waals surface area contributed by atoms with Gasteiger partial charge in [0.2, 0.25) is 10.0 Å². The molecule has 0 radical (unpaired) electrons. The summed E-state index contributed by atoms with van der Waals surface area (Å²) >= 11 is 3.25. The van der Waals surface area contributed by atoms with E-state index < -0.39 is 10.0 Å². The van der Waals surface area contributed by atoms with Crippen LogP contribution in [0.1, 0.15) is 13.8 Å². The summed E-state index contributed by atoms with van der Waals surface area (Å²) in [6, 6.07) is 4.83. The SMILES string of the molecule is CCOc1ccc(Br)cc1S(=O)(=O)NCC(C)CO. The van der Waals surface area contributed by atoms with Crippen LogP contribution in [0.2, 0.25) is 0 Å². The Balaban J connectivity index is 3.02. The maximum atomic E-state index is 12.2. The molecule has 1 unspecified atom stereocenters. The van der Waals surface area contributed by atoms with Crippen molar-refractivity contribution in [2.75, 3.05) is 19.8 Å². The molecule has 0 saturated heterocycles. The molecule has 7 heteroatoms. The Hall–Kier alpha value is -0.630. The molecular formula is C12H18BrNO4S. The van der Waals surface area contributed by atoms with Gasteiger partial charge in [-0.2, -0.15) is 0 Å². The van der Waals surface area contributed by atoms with E-state index in [1.54, 1.807) is 26.0 Å². The van der Waals surface area contributed by atoms with E-state index in [4.69, 9.17) is 9.84 Å². The second-order valence-corrected chi connectivity index (χ2v) is 6.81. The third-order valence-electron chi connectivity index (χ3n) is 2.43. The molecule has 0 heterocycles. The van der Waals surface area contributed by atoms with Crippen LogP contribution in [0.3, 0.4) is 0 Å². The van der Waals surface area contributed by atoms with Gasteiger partial charge in [0, 0.05) is 17.6 Å². The second-order valence-electron chi connectivity index (χ2n) is 4.16. The van der Waals surface area contributed by atoms with Gasteiger partial charge >= 0.3 is 0 Å². The van der Waals surface area contributed by atoms with Gasteiger partial charge in [0.05, 0.1) is 6.61 Å². The molecule has 1 aromatic rings. The number of sulfonamides is 1. The molecule has 0 bridgehead atoms. The predicted octanol–water partition coefficient (Wildman–Crippen LogP) is 1.75. The zero-order chi connectivity index (χ0) is 14.5. The van der Waals surface area contributed by atoms with Gasteiger partial charge in [-0.1, -0.05) is 22.9 Å². The van der Waals surface area contributed by atoms with Crippen molar-refractivity contribution in [3.63, 3.8) is 0 Å². The van der Waals surface area contributed by atoms with Crippen molar-refractivity contribution in [3.05, 3.63) is 22.7 Å². The number of hydrogen-bond acceptors (Lipinski definition) is 4. The summed E-state index contributed by atoms with van der Waals surface area (Å²) in [7, 11) is -3.66. The monoisotopic (exact) mass is 351 g/mol. The second kappa shape index (κ2) is 7.23. The van der Waals surface area contributed by atoms with Gasteiger partial charge in [-0.3, -0.25) is 0 Å². The van der Waals surface area contributed by atoms with E-state index >= 15 is 0 Å². The molecular weight excluding hydrogens is 334 g/mol. The van der Waals surface area contributed by atoms with Gasteiger partial charge in [0.1, 0.15) is 10.6 Å². The van der Waals surface area contributed by atoms with Gasteiger partial charge in [-0.25, -0.2) is 13.1 Å². The maximum absolute atomic E-state index is 12.2. The normalized spacial score (nSPS) is 13.3. The lowest BCUT2D eigenvalue weighted by Gasteiger charge is -2.14. The number of nitrogens with one attached hydrogen (secondary N) is 1. The molecule has 0 spiro atoms. The Bertz CT molecular complexity index is 518. The highest BCUT2D eigenvalue weighted by Gasteiger charge is 2.20. The highest BCUT2D eigenvalue weighted by molar-refractivity contribution is 9.10. The molecule has 1 rings (SSSR count). The van der Waals surface area contributed by atoms with Gasteiger partial charge in [-0.15, -0.1) is 0 Å². The van der Waals surface area contributed by atoms with Crippen LogP contribution in [-0.4, -0.2) is 33.3 Å². The van der Waals surface area contributed by atoms with E-state index in [0.717, 1.165) is 0 Å². The van der Waals surface area contributed by atoms with Crippen molar-refractivity contribution in [2.24, 2.45) is 5.92 Å². The maximum Gasteiger partial charge on any atom is 0.244 e. The molecule has 108 valence electrons. The topological polar surface area (TPSA) is 75.6 Å². The van der Waals surface area contributed by atoms with Crippen molar-refractivity contribution in [2.45, 2.75) is 18.7 Å². The smallest absolute Gasteiger partial charge is 0.244 e. The Morgan fingerprint density at radius 2 is 2.16 bits per heavy atom. The lowest BCUT2D eigenvalue weighted by molar-refractivity contribution is 0.238. The lowest BCUT2D eigenvalue weighted by atomic mass is 10.2.